The smallest absolute Gasteiger partial charge is 0.259 e. The fraction of sp³-hybridized carbons (Fsp3) is 0.200. The number of carbonyl (C=O) groups excluding carboxylic acids is 2. The van der Waals surface area contributed by atoms with Crippen molar-refractivity contribution < 1.29 is 19.4 Å². The first-order valence-electron chi connectivity index (χ1n) is 10.6. The standard InChI is InChI=1S/C25H22ClN3O4/c1-27-8-5-9-33-20-12-17-15(11-19(20)30)21-18(29(17)2)10-14(13-6-3-4-7-16(13)26)22-23(21)25(32)28-24(22)31/h3-4,6-7,10-12,27,30H,5,8-9H2,1-2H3,(H,28,31,32). The van der Waals surface area contributed by atoms with Crippen molar-refractivity contribution in [3.8, 4) is 22.6 Å². The summed E-state index contributed by atoms with van der Waals surface area (Å²) in [5.41, 5.74) is 3.36. The van der Waals surface area contributed by atoms with E-state index in [0.29, 0.717) is 50.4 Å². The molecule has 0 saturated carbocycles. The number of imide groups is 1. The van der Waals surface area contributed by atoms with Crippen LogP contribution >= 0.6 is 11.6 Å². The first-order chi connectivity index (χ1) is 15.9. The Bertz CT molecular complexity index is 1460. The predicted molar refractivity (Wildman–Crippen MR) is 128 cm³/mol. The molecule has 7 nitrogen and oxygen atoms in total. The first kappa shape index (κ1) is 21.3. The van der Waals surface area contributed by atoms with Crippen LogP contribution in [-0.4, -0.2) is 41.7 Å². The number of benzene rings is 3. The highest BCUT2D eigenvalue weighted by Crippen LogP contribution is 2.43. The number of hydrogen-bond acceptors (Lipinski definition) is 5. The Labute approximate surface area is 194 Å². The predicted octanol–water partition coefficient (Wildman–Crippen LogP) is 4.23. The molecule has 0 spiro atoms. The summed E-state index contributed by atoms with van der Waals surface area (Å²) in [7, 11) is 3.75. The lowest BCUT2D eigenvalue weighted by atomic mass is 9.93. The van der Waals surface area contributed by atoms with E-state index in [-0.39, 0.29) is 5.75 Å². The van der Waals surface area contributed by atoms with Crippen LogP contribution in [-0.2, 0) is 7.05 Å². The quantitative estimate of drug-likeness (QED) is 0.294. The number of amides is 2. The van der Waals surface area contributed by atoms with Gasteiger partial charge in [0.15, 0.2) is 11.5 Å². The number of hydrogen-bond donors (Lipinski definition) is 3. The zero-order valence-electron chi connectivity index (χ0n) is 18.2. The summed E-state index contributed by atoms with van der Waals surface area (Å²) in [5.74, 6) is -0.577. The summed E-state index contributed by atoms with van der Waals surface area (Å²) >= 11 is 6.45. The van der Waals surface area contributed by atoms with Gasteiger partial charge >= 0.3 is 0 Å². The van der Waals surface area contributed by atoms with E-state index in [1.807, 2.05) is 42.9 Å². The Morgan fingerprint density at radius 3 is 2.58 bits per heavy atom. The topological polar surface area (TPSA) is 92.6 Å². The van der Waals surface area contributed by atoms with Gasteiger partial charge in [0, 0.05) is 34.5 Å². The van der Waals surface area contributed by atoms with Crippen LogP contribution in [0.25, 0.3) is 32.9 Å². The number of carbonyl (C=O) groups is 2. The van der Waals surface area contributed by atoms with Crippen LogP contribution in [0.5, 0.6) is 11.5 Å². The largest absolute Gasteiger partial charge is 0.504 e. The maximum Gasteiger partial charge on any atom is 0.259 e. The van der Waals surface area contributed by atoms with Gasteiger partial charge in [-0.05, 0) is 43.8 Å². The van der Waals surface area contributed by atoms with Crippen LogP contribution < -0.4 is 15.4 Å². The molecular weight excluding hydrogens is 442 g/mol. The van der Waals surface area contributed by atoms with Crippen LogP contribution in [0.15, 0.2) is 42.5 Å². The van der Waals surface area contributed by atoms with Gasteiger partial charge in [-0.15, -0.1) is 0 Å². The number of fused-ring (bicyclic) bond motifs is 5. The molecule has 2 heterocycles. The van der Waals surface area contributed by atoms with Crippen molar-refractivity contribution in [3.05, 3.63) is 58.6 Å². The average Bonchev–Trinajstić information content (AvgIpc) is 3.24. The summed E-state index contributed by atoms with van der Waals surface area (Å²) in [6, 6.07) is 12.5. The van der Waals surface area contributed by atoms with E-state index in [2.05, 4.69) is 10.6 Å². The number of aromatic nitrogens is 1. The Balaban J connectivity index is 1.79. The first-order valence-corrected chi connectivity index (χ1v) is 11.0. The van der Waals surface area contributed by atoms with Gasteiger partial charge in [0.05, 0.1) is 28.8 Å². The fourth-order valence-electron chi connectivity index (χ4n) is 4.50. The SMILES string of the molecule is CNCCCOc1cc2c(cc1O)c1c3c(c(-c4ccccc4Cl)cc1n2C)C(=O)NC3=O. The lowest BCUT2D eigenvalue weighted by molar-refractivity contribution is 0.0880. The van der Waals surface area contributed by atoms with Gasteiger partial charge in [-0.3, -0.25) is 14.9 Å². The van der Waals surface area contributed by atoms with Crippen molar-refractivity contribution >= 4 is 45.2 Å². The molecule has 1 aliphatic rings. The zero-order valence-corrected chi connectivity index (χ0v) is 18.9. The van der Waals surface area contributed by atoms with Crippen molar-refractivity contribution in [2.45, 2.75) is 6.42 Å². The Morgan fingerprint density at radius 1 is 1.06 bits per heavy atom. The van der Waals surface area contributed by atoms with E-state index in [9.17, 15) is 14.7 Å². The molecule has 0 fully saturated rings. The van der Waals surface area contributed by atoms with E-state index in [1.165, 1.54) is 0 Å². The molecule has 0 unspecified atom stereocenters. The zero-order chi connectivity index (χ0) is 23.3. The molecule has 3 aromatic carbocycles. The third-order valence-electron chi connectivity index (χ3n) is 6.05. The third kappa shape index (κ3) is 3.32. The normalized spacial score (nSPS) is 13.1. The fourth-order valence-corrected chi connectivity index (χ4v) is 4.74. The number of ether oxygens (including phenoxy) is 1. The maximum absolute atomic E-state index is 12.9. The van der Waals surface area contributed by atoms with Gasteiger partial charge in [-0.2, -0.15) is 0 Å². The number of rotatable bonds is 6. The summed E-state index contributed by atoms with van der Waals surface area (Å²) in [6.45, 7) is 1.25. The molecule has 0 radical (unpaired) electrons. The van der Waals surface area contributed by atoms with Crippen molar-refractivity contribution in [2.24, 2.45) is 7.05 Å². The highest BCUT2D eigenvalue weighted by molar-refractivity contribution is 6.36. The summed E-state index contributed by atoms with van der Waals surface area (Å²) in [4.78, 5) is 25.7. The summed E-state index contributed by atoms with van der Waals surface area (Å²) in [6.07, 6.45) is 0.792. The maximum atomic E-state index is 12.9. The summed E-state index contributed by atoms with van der Waals surface area (Å²) in [5, 5.41) is 17.9. The molecule has 0 atom stereocenters. The average molecular weight is 464 g/mol. The molecular formula is C25H22ClN3O4. The van der Waals surface area contributed by atoms with Crippen molar-refractivity contribution in [1.82, 2.24) is 15.2 Å². The minimum Gasteiger partial charge on any atom is -0.504 e. The second-order valence-corrected chi connectivity index (χ2v) is 8.44. The van der Waals surface area contributed by atoms with E-state index in [1.54, 1.807) is 18.2 Å². The van der Waals surface area contributed by atoms with Gasteiger partial charge in [-0.25, -0.2) is 0 Å². The van der Waals surface area contributed by atoms with Gasteiger partial charge in [0.2, 0.25) is 0 Å². The number of phenolic OH excluding ortho intramolecular Hbond substituents is 1. The molecule has 168 valence electrons. The number of aromatic hydroxyl groups is 1. The highest BCUT2D eigenvalue weighted by atomic mass is 35.5. The Kier molecular flexibility index (Phi) is 5.23. The molecule has 33 heavy (non-hydrogen) atoms. The van der Waals surface area contributed by atoms with Crippen molar-refractivity contribution in [1.29, 1.82) is 0 Å². The lowest BCUT2D eigenvalue weighted by Crippen LogP contribution is -2.20. The van der Waals surface area contributed by atoms with Crippen molar-refractivity contribution in [2.75, 3.05) is 20.2 Å². The van der Waals surface area contributed by atoms with Crippen LogP contribution in [0.4, 0.5) is 0 Å². The number of halogens is 1. The molecule has 1 aliphatic heterocycles. The minimum absolute atomic E-state index is 0.0203. The van der Waals surface area contributed by atoms with Gasteiger partial charge < -0.3 is 19.7 Å². The van der Waals surface area contributed by atoms with E-state index >= 15 is 0 Å². The van der Waals surface area contributed by atoms with Crippen LogP contribution in [0.1, 0.15) is 27.1 Å². The van der Waals surface area contributed by atoms with Crippen LogP contribution in [0.3, 0.4) is 0 Å². The number of phenols is 1. The highest BCUT2D eigenvalue weighted by Gasteiger charge is 2.34. The van der Waals surface area contributed by atoms with Gasteiger partial charge in [-0.1, -0.05) is 29.8 Å². The third-order valence-corrected chi connectivity index (χ3v) is 6.38. The van der Waals surface area contributed by atoms with E-state index in [4.69, 9.17) is 16.3 Å². The Morgan fingerprint density at radius 2 is 1.82 bits per heavy atom. The molecule has 2 amide bonds. The van der Waals surface area contributed by atoms with Crippen molar-refractivity contribution in [3.63, 3.8) is 0 Å². The molecule has 4 aromatic rings. The summed E-state index contributed by atoms with van der Waals surface area (Å²) < 4.78 is 7.72. The van der Waals surface area contributed by atoms with E-state index in [0.717, 1.165) is 24.0 Å². The van der Waals surface area contributed by atoms with E-state index < -0.39 is 11.8 Å². The number of aryl methyl sites for hydroxylation is 1. The second-order valence-electron chi connectivity index (χ2n) is 8.03. The van der Waals surface area contributed by atoms with Gasteiger partial charge in [0.25, 0.3) is 11.8 Å². The number of nitrogens with zero attached hydrogens (tertiary/aromatic N) is 1. The monoisotopic (exact) mass is 463 g/mol. The van der Waals surface area contributed by atoms with Gasteiger partial charge in [0.1, 0.15) is 0 Å². The molecule has 1 aromatic heterocycles. The molecule has 5 rings (SSSR count). The lowest BCUT2D eigenvalue weighted by Gasteiger charge is -2.10. The molecule has 0 bridgehead atoms. The molecule has 3 N–H and O–H groups in total. The minimum atomic E-state index is -0.465. The molecule has 0 saturated heterocycles. The molecule has 0 aliphatic carbocycles. The number of nitrogens with one attached hydrogen (secondary N) is 2. The van der Waals surface area contributed by atoms with Crippen LogP contribution in [0.2, 0.25) is 5.02 Å². The second kappa shape index (κ2) is 8.10. The Hall–Kier alpha value is -3.55. The van der Waals surface area contributed by atoms with Crippen LogP contribution in [0, 0.1) is 0 Å². The molecule has 8 heteroatoms.